The summed E-state index contributed by atoms with van der Waals surface area (Å²) in [5.41, 5.74) is 0. The molecule has 0 aliphatic rings. The van der Waals surface area contributed by atoms with Crippen molar-refractivity contribution in [3.05, 3.63) is 36.4 Å². The van der Waals surface area contributed by atoms with Gasteiger partial charge in [0.25, 0.3) is 0 Å². The number of hydrogen-bond acceptors (Lipinski definition) is 24. The van der Waals surface area contributed by atoms with Crippen molar-refractivity contribution in [2.75, 3.05) is 281 Å². The van der Waals surface area contributed by atoms with Gasteiger partial charge in [0.05, 0.1) is 198 Å². The minimum Gasteiger partial charge on any atom is -0.487 e. The van der Waals surface area contributed by atoms with Crippen LogP contribution >= 0.6 is 0 Å². The first-order chi connectivity index (χ1) is 41.6. The molecular formula is C60H96O24. The maximum Gasteiger partial charge on any atom is 0.161 e. The number of fused-ring (bicyclic) bond motifs is 6. The van der Waals surface area contributed by atoms with Crippen LogP contribution in [-0.4, -0.2) is 281 Å². The van der Waals surface area contributed by atoms with Crippen LogP contribution in [-0.2, 0) is 85.3 Å². The van der Waals surface area contributed by atoms with Gasteiger partial charge in [-0.2, -0.15) is 0 Å². The Hall–Kier alpha value is -4.26. The number of benzene rings is 4. The smallest absolute Gasteiger partial charge is 0.161 e. The molecule has 0 aliphatic carbocycles. The first-order valence-corrected chi connectivity index (χ1v) is 28.8. The van der Waals surface area contributed by atoms with Crippen LogP contribution in [0.3, 0.4) is 0 Å². The van der Waals surface area contributed by atoms with Crippen LogP contribution in [0.1, 0.15) is 0 Å². The van der Waals surface area contributed by atoms with Crippen LogP contribution in [0.4, 0.5) is 0 Å². The Labute approximate surface area is 496 Å². The highest BCUT2D eigenvalue weighted by Gasteiger charge is 2.21. The normalized spacial score (nSPS) is 11.6. The molecule has 480 valence electrons. The average molecular weight is 1200 g/mol. The fourth-order valence-electron chi connectivity index (χ4n) is 7.74. The molecule has 0 amide bonds. The molecule has 84 heavy (non-hydrogen) atoms. The van der Waals surface area contributed by atoms with Gasteiger partial charge >= 0.3 is 0 Å². The van der Waals surface area contributed by atoms with Crippen molar-refractivity contribution in [2.45, 2.75) is 0 Å². The molecule has 24 heteroatoms. The van der Waals surface area contributed by atoms with Crippen LogP contribution < -0.4 is 28.4 Å². The van der Waals surface area contributed by atoms with Gasteiger partial charge in [-0.15, -0.1) is 0 Å². The molecule has 4 aromatic rings. The van der Waals surface area contributed by atoms with E-state index in [2.05, 4.69) is 0 Å². The predicted molar refractivity (Wildman–Crippen MR) is 313 cm³/mol. The summed E-state index contributed by atoms with van der Waals surface area (Å²) < 4.78 is 139. The Kier molecular flexibility index (Phi) is 42.8. The van der Waals surface area contributed by atoms with E-state index in [4.69, 9.17) is 114 Å². The molecule has 0 aromatic heterocycles. The lowest BCUT2D eigenvalue weighted by Crippen LogP contribution is -2.14. The van der Waals surface area contributed by atoms with E-state index >= 15 is 0 Å². The second-order valence-corrected chi connectivity index (χ2v) is 17.9. The SMILES string of the molecule is COCCOCCOCCOc1cc2c3cc(OCCOCCOCCOC)c(OCCOCCOCCOC)cc3c3cc(OCCOCCOCCOC)c(OCCOCCOCCOC)cc3c2cc1OCCOCCOCCOC. The molecule has 4 rings (SSSR count). The van der Waals surface area contributed by atoms with Crippen LogP contribution in [0.25, 0.3) is 32.3 Å². The van der Waals surface area contributed by atoms with Crippen molar-refractivity contribution in [2.24, 2.45) is 0 Å². The van der Waals surface area contributed by atoms with Gasteiger partial charge in [0, 0.05) is 42.7 Å². The van der Waals surface area contributed by atoms with E-state index in [1.165, 1.54) is 0 Å². The first kappa shape index (κ1) is 72.2. The molecule has 0 saturated carbocycles. The standard InChI is InChI=1S/C60H96O24/c1-61-7-13-67-19-25-73-31-37-79-55-43-49-50(44-56(55)80-38-32-74-26-20-68-14-8-62-2)52-46-58(82-40-34-76-28-22-70-16-10-64-4)60(84-42-36-78-30-24-72-18-12-66-6)48-54(52)53-47-59(83-41-35-77-29-23-71-17-11-65-5)57(45-51(49)53)81-39-33-75-27-21-69-15-9-63-3/h43-48H,7-42H2,1-6H3. The second-order valence-electron chi connectivity index (χ2n) is 17.9. The molecule has 4 aromatic carbocycles. The third kappa shape index (κ3) is 30.9. The Morgan fingerprint density at radius 3 is 0.381 bits per heavy atom. The number of ether oxygens (including phenoxy) is 24. The number of hydrogen-bond donors (Lipinski definition) is 0. The highest BCUT2D eigenvalue weighted by molar-refractivity contribution is 6.26. The van der Waals surface area contributed by atoms with Crippen molar-refractivity contribution in [1.82, 2.24) is 0 Å². The molecule has 24 nitrogen and oxygen atoms in total. The van der Waals surface area contributed by atoms with Crippen molar-refractivity contribution in [1.29, 1.82) is 0 Å². The minimum atomic E-state index is 0.219. The first-order valence-electron chi connectivity index (χ1n) is 28.8. The maximum atomic E-state index is 6.54. The van der Waals surface area contributed by atoms with Crippen LogP contribution in [0, 0.1) is 0 Å². The lowest BCUT2D eigenvalue weighted by atomic mass is 9.93. The van der Waals surface area contributed by atoms with Gasteiger partial charge in [0.15, 0.2) is 34.5 Å². The van der Waals surface area contributed by atoms with Crippen LogP contribution in [0.15, 0.2) is 36.4 Å². The summed E-state index contributed by atoms with van der Waals surface area (Å²) in [6.45, 7) is 13.8. The zero-order chi connectivity index (χ0) is 59.6. The van der Waals surface area contributed by atoms with Gasteiger partial charge in [-0.1, -0.05) is 0 Å². The van der Waals surface area contributed by atoms with Crippen molar-refractivity contribution in [3.8, 4) is 34.5 Å². The van der Waals surface area contributed by atoms with E-state index in [9.17, 15) is 0 Å². The van der Waals surface area contributed by atoms with E-state index in [0.29, 0.717) is 233 Å². The highest BCUT2D eigenvalue weighted by atomic mass is 16.6. The zero-order valence-electron chi connectivity index (χ0n) is 50.7. The Morgan fingerprint density at radius 1 is 0.155 bits per heavy atom. The summed E-state index contributed by atoms with van der Waals surface area (Å²) in [7, 11) is 9.80. The summed E-state index contributed by atoms with van der Waals surface area (Å²) in [6, 6.07) is 11.9. The molecule has 0 unspecified atom stereocenters. The average Bonchev–Trinajstić information content (AvgIpc) is 1.86. The molecule has 0 N–H and O–H groups in total. The van der Waals surface area contributed by atoms with E-state index < -0.39 is 0 Å². The molecule has 0 saturated heterocycles. The summed E-state index contributed by atoms with van der Waals surface area (Å²) in [4.78, 5) is 0. The van der Waals surface area contributed by atoms with Gasteiger partial charge < -0.3 is 114 Å². The molecular weight excluding hydrogens is 1100 g/mol. The van der Waals surface area contributed by atoms with Gasteiger partial charge in [-0.25, -0.2) is 0 Å². The minimum absolute atomic E-state index is 0.219. The maximum absolute atomic E-state index is 6.54. The zero-order valence-corrected chi connectivity index (χ0v) is 50.7. The van der Waals surface area contributed by atoms with Gasteiger partial charge in [0.1, 0.15) is 39.6 Å². The van der Waals surface area contributed by atoms with Crippen LogP contribution in [0.2, 0.25) is 0 Å². The van der Waals surface area contributed by atoms with E-state index in [1.807, 2.05) is 36.4 Å². The van der Waals surface area contributed by atoms with E-state index in [0.717, 1.165) is 32.3 Å². The summed E-state index contributed by atoms with van der Waals surface area (Å²) in [6.07, 6.45) is 0. The van der Waals surface area contributed by atoms with Gasteiger partial charge in [-0.3, -0.25) is 0 Å². The van der Waals surface area contributed by atoms with Gasteiger partial charge in [-0.05, 0) is 68.7 Å². The Balaban J connectivity index is 1.82. The lowest BCUT2D eigenvalue weighted by molar-refractivity contribution is 0.0160. The van der Waals surface area contributed by atoms with Gasteiger partial charge in [0.2, 0.25) is 0 Å². The summed E-state index contributed by atoms with van der Waals surface area (Å²) in [5.74, 6) is 2.93. The van der Waals surface area contributed by atoms with Crippen LogP contribution in [0.5, 0.6) is 34.5 Å². The third-order valence-electron chi connectivity index (χ3n) is 11.9. The fraction of sp³-hybridized carbons (Fsp3) is 0.700. The van der Waals surface area contributed by atoms with E-state index in [1.54, 1.807) is 42.7 Å². The predicted octanol–water partition coefficient (Wildman–Crippen LogP) is 5.50. The fourth-order valence-corrected chi connectivity index (χ4v) is 7.74. The third-order valence-corrected chi connectivity index (χ3v) is 11.9. The number of rotatable bonds is 60. The monoisotopic (exact) mass is 1200 g/mol. The molecule has 0 radical (unpaired) electrons. The van der Waals surface area contributed by atoms with E-state index in [-0.39, 0.29) is 39.6 Å². The molecule has 0 atom stereocenters. The number of methoxy groups -OCH3 is 6. The molecule has 0 spiro atoms. The molecule has 0 bridgehead atoms. The summed E-state index contributed by atoms with van der Waals surface area (Å²) in [5, 5.41) is 4.96. The summed E-state index contributed by atoms with van der Waals surface area (Å²) >= 11 is 0. The molecule has 0 fully saturated rings. The lowest BCUT2D eigenvalue weighted by Gasteiger charge is -2.21. The second kappa shape index (κ2) is 49.8. The topological polar surface area (TPSA) is 222 Å². The Morgan fingerprint density at radius 2 is 0.262 bits per heavy atom. The van der Waals surface area contributed by atoms with Crippen molar-refractivity contribution >= 4 is 32.3 Å². The molecule has 0 aliphatic heterocycles. The molecule has 0 heterocycles. The Bertz CT molecular complexity index is 1800. The highest BCUT2D eigenvalue weighted by Crippen LogP contribution is 2.47. The quantitative estimate of drug-likeness (QED) is 0.0394. The van der Waals surface area contributed by atoms with Crippen molar-refractivity contribution in [3.63, 3.8) is 0 Å². The largest absolute Gasteiger partial charge is 0.487 e. The van der Waals surface area contributed by atoms with Crippen molar-refractivity contribution < 1.29 is 114 Å².